The molecule has 3 nitrogen and oxygen atoms in total. The molecule has 0 aliphatic heterocycles. The van der Waals surface area contributed by atoms with Gasteiger partial charge in [0, 0.05) is 5.41 Å². The van der Waals surface area contributed by atoms with Crippen molar-refractivity contribution >= 4 is 14.3 Å². The summed E-state index contributed by atoms with van der Waals surface area (Å²) in [5.41, 5.74) is -0.0681. The molecule has 3 atom stereocenters. The third kappa shape index (κ3) is 2.57. The number of hydrogen-bond acceptors (Lipinski definition) is 2. The van der Waals surface area contributed by atoms with E-state index in [4.69, 9.17) is 4.43 Å². The summed E-state index contributed by atoms with van der Waals surface area (Å²) in [4.78, 5) is 11.6. The molecule has 2 aliphatic rings. The summed E-state index contributed by atoms with van der Waals surface area (Å²) in [6.07, 6.45) is 6.33. The van der Waals surface area contributed by atoms with Crippen LogP contribution >= 0.6 is 0 Å². The van der Waals surface area contributed by atoms with Gasteiger partial charge in [-0.3, -0.25) is 4.79 Å². The maximum absolute atomic E-state index is 11.6. The van der Waals surface area contributed by atoms with Crippen molar-refractivity contribution in [1.29, 1.82) is 0 Å². The molecule has 0 aromatic carbocycles. The van der Waals surface area contributed by atoms with Crippen LogP contribution in [0.2, 0.25) is 18.1 Å². The van der Waals surface area contributed by atoms with E-state index in [0.29, 0.717) is 0 Å². The minimum atomic E-state index is -1.82. The third-order valence-electron chi connectivity index (χ3n) is 6.12. The van der Waals surface area contributed by atoms with Crippen molar-refractivity contribution in [2.45, 2.75) is 83.5 Å². The van der Waals surface area contributed by atoms with Gasteiger partial charge in [0.2, 0.25) is 0 Å². The highest BCUT2D eigenvalue weighted by molar-refractivity contribution is 6.74. The topological polar surface area (TPSA) is 46.5 Å². The molecule has 116 valence electrons. The van der Waals surface area contributed by atoms with Crippen LogP contribution in [0.15, 0.2) is 0 Å². The zero-order valence-corrected chi connectivity index (χ0v) is 14.7. The molecule has 1 N–H and O–H groups in total. The van der Waals surface area contributed by atoms with E-state index < -0.39 is 14.3 Å². The van der Waals surface area contributed by atoms with Gasteiger partial charge in [0.25, 0.3) is 0 Å². The number of carbonyl (C=O) groups is 1. The summed E-state index contributed by atoms with van der Waals surface area (Å²) in [7, 11) is -1.82. The van der Waals surface area contributed by atoms with E-state index >= 15 is 0 Å². The van der Waals surface area contributed by atoms with E-state index in [0.717, 1.165) is 38.5 Å². The van der Waals surface area contributed by atoms with E-state index in [1.165, 1.54) is 0 Å². The summed E-state index contributed by atoms with van der Waals surface area (Å²) < 4.78 is 6.66. The zero-order valence-electron chi connectivity index (χ0n) is 13.7. The molecule has 2 rings (SSSR count). The van der Waals surface area contributed by atoms with Crippen LogP contribution < -0.4 is 0 Å². The second-order valence-electron chi connectivity index (χ2n) is 8.28. The minimum absolute atomic E-state index is 0.0681. The molecular formula is C16H30O3Si. The fourth-order valence-electron chi connectivity index (χ4n) is 3.92. The largest absolute Gasteiger partial charge is 0.481 e. The van der Waals surface area contributed by atoms with E-state index in [9.17, 15) is 9.90 Å². The number of aliphatic carboxylic acids is 1. The van der Waals surface area contributed by atoms with Crippen LogP contribution in [0, 0.1) is 11.3 Å². The molecule has 1 unspecified atom stereocenters. The second-order valence-corrected chi connectivity index (χ2v) is 13.0. The van der Waals surface area contributed by atoms with Crippen molar-refractivity contribution in [3.63, 3.8) is 0 Å². The quantitative estimate of drug-likeness (QED) is 0.784. The second kappa shape index (κ2) is 5.13. The first-order chi connectivity index (χ1) is 9.10. The standard InChI is InChI=1S/C16H30O3Si/c1-15(2,3)20(4,5)19-13-9-7-11-16(13)10-6-8-12(16)14(17)18/h12-13H,6-11H2,1-5H3,(H,17,18)/t12?,13-,16+/m0/s1. The molecule has 0 heterocycles. The van der Waals surface area contributed by atoms with Crippen LogP contribution in [0.5, 0.6) is 0 Å². The zero-order chi connectivity index (χ0) is 15.2. The predicted octanol–water partition coefficient (Wildman–Crippen LogP) is 4.43. The van der Waals surface area contributed by atoms with Gasteiger partial charge in [-0.05, 0) is 43.8 Å². The Kier molecular flexibility index (Phi) is 4.11. The molecule has 2 saturated carbocycles. The smallest absolute Gasteiger partial charge is 0.307 e. The third-order valence-corrected chi connectivity index (χ3v) is 10.6. The van der Waals surface area contributed by atoms with Gasteiger partial charge in [0.05, 0.1) is 12.0 Å². The number of carboxylic acid groups (broad SMARTS) is 1. The first-order valence-electron chi connectivity index (χ1n) is 8.01. The van der Waals surface area contributed by atoms with Crippen LogP contribution in [0.4, 0.5) is 0 Å². The fourth-order valence-corrected chi connectivity index (χ4v) is 5.34. The monoisotopic (exact) mass is 298 g/mol. The maximum atomic E-state index is 11.6. The summed E-state index contributed by atoms with van der Waals surface area (Å²) in [6, 6.07) is 0. The molecule has 0 aromatic rings. The lowest BCUT2D eigenvalue weighted by Crippen LogP contribution is -2.49. The lowest BCUT2D eigenvalue weighted by molar-refractivity contribution is -0.147. The minimum Gasteiger partial charge on any atom is -0.481 e. The molecule has 0 saturated heterocycles. The maximum Gasteiger partial charge on any atom is 0.307 e. The summed E-state index contributed by atoms with van der Waals surface area (Å²) >= 11 is 0. The van der Waals surface area contributed by atoms with Gasteiger partial charge >= 0.3 is 5.97 Å². The molecule has 20 heavy (non-hydrogen) atoms. The van der Waals surface area contributed by atoms with Crippen LogP contribution in [0.3, 0.4) is 0 Å². The van der Waals surface area contributed by atoms with Crippen LogP contribution in [0.25, 0.3) is 0 Å². The fraction of sp³-hybridized carbons (Fsp3) is 0.938. The Morgan fingerprint density at radius 1 is 1.20 bits per heavy atom. The molecule has 2 aliphatic carbocycles. The summed E-state index contributed by atoms with van der Waals surface area (Å²) in [6.45, 7) is 11.3. The highest BCUT2D eigenvalue weighted by Crippen LogP contribution is 2.57. The Morgan fingerprint density at radius 2 is 1.75 bits per heavy atom. The van der Waals surface area contributed by atoms with Gasteiger partial charge < -0.3 is 9.53 Å². The van der Waals surface area contributed by atoms with Crippen molar-refractivity contribution in [3.05, 3.63) is 0 Å². The Morgan fingerprint density at radius 3 is 2.25 bits per heavy atom. The van der Waals surface area contributed by atoms with Gasteiger partial charge in [-0.2, -0.15) is 0 Å². The summed E-state index contributed by atoms with van der Waals surface area (Å²) in [5.74, 6) is -0.784. The normalized spacial score (nSPS) is 34.9. The van der Waals surface area contributed by atoms with Gasteiger partial charge in [-0.1, -0.05) is 33.6 Å². The van der Waals surface area contributed by atoms with E-state index in [1.807, 2.05) is 0 Å². The Balaban J connectivity index is 2.22. The van der Waals surface area contributed by atoms with Crippen molar-refractivity contribution in [2.75, 3.05) is 0 Å². The van der Waals surface area contributed by atoms with Crippen LogP contribution in [0.1, 0.15) is 59.3 Å². The first kappa shape index (κ1) is 16.0. The Labute approximate surface area is 124 Å². The van der Waals surface area contributed by atoms with Gasteiger partial charge in [-0.25, -0.2) is 0 Å². The molecular weight excluding hydrogens is 268 g/mol. The average molecular weight is 298 g/mol. The Bertz CT molecular complexity index is 382. The SMILES string of the molecule is CC(C)(C)[Si](C)(C)O[C@H]1CCC[C@@]12CCCC2C(=O)O. The first-order valence-corrected chi connectivity index (χ1v) is 10.9. The van der Waals surface area contributed by atoms with E-state index in [-0.39, 0.29) is 22.5 Å². The number of hydrogen-bond donors (Lipinski definition) is 1. The molecule has 1 spiro atoms. The number of rotatable bonds is 3. The number of carboxylic acids is 1. The van der Waals surface area contributed by atoms with Crippen molar-refractivity contribution in [2.24, 2.45) is 11.3 Å². The predicted molar refractivity (Wildman–Crippen MR) is 83.3 cm³/mol. The highest BCUT2D eigenvalue weighted by atomic mass is 28.4. The van der Waals surface area contributed by atoms with Crippen molar-refractivity contribution < 1.29 is 14.3 Å². The molecule has 0 bridgehead atoms. The Hall–Kier alpha value is -0.353. The van der Waals surface area contributed by atoms with Gasteiger partial charge in [0.1, 0.15) is 0 Å². The molecule has 4 heteroatoms. The van der Waals surface area contributed by atoms with E-state index in [2.05, 4.69) is 33.9 Å². The average Bonchev–Trinajstić information content (AvgIpc) is 2.86. The lowest BCUT2D eigenvalue weighted by Gasteiger charge is -2.44. The highest BCUT2D eigenvalue weighted by Gasteiger charge is 2.56. The summed E-state index contributed by atoms with van der Waals surface area (Å²) in [5, 5.41) is 9.76. The molecule has 0 aromatic heterocycles. The molecule has 2 fully saturated rings. The molecule has 0 radical (unpaired) electrons. The molecule has 0 amide bonds. The van der Waals surface area contributed by atoms with Crippen LogP contribution in [-0.2, 0) is 9.22 Å². The van der Waals surface area contributed by atoms with Crippen LogP contribution in [-0.4, -0.2) is 25.5 Å². The lowest BCUT2D eigenvalue weighted by atomic mass is 9.75. The van der Waals surface area contributed by atoms with Gasteiger partial charge in [-0.15, -0.1) is 0 Å². The van der Waals surface area contributed by atoms with Gasteiger partial charge in [0.15, 0.2) is 8.32 Å². The van der Waals surface area contributed by atoms with Crippen molar-refractivity contribution in [1.82, 2.24) is 0 Å². The van der Waals surface area contributed by atoms with E-state index in [1.54, 1.807) is 0 Å². The van der Waals surface area contributed by atoms with Crippen molar-refractivity contribution in [3.8, 4) is 0 Å².